The number of nitrogens with two attached hydrogens (primary N) is 1. The molecule has 0 saturated carbocycles. The van der Waals surface area contributed by atoms with E-state index in [1.54, 1.807) is 6.07 Å². The summed E-state index contributed by atoms with van der Waals surface area (Å²) < 4.78 is 0. The Bertz CT molecular complexity index is 877. The van der Waals surface area contributed by atoms with Crippen LogP contribution in [0.4, 0.5) is 17.2 Å². The Balaban J connectivity index is 2.03. The lowest BCUT2D eigenvalue weighted by molar-refractivity contribution is 1.19. The highest BCUT2D eigenvalue weighted by Crippen LogP contribution is 2.26. The van der Waals surface area contributed by atoms with Crippen molar-refractivity contribution in [2.75, 3.05) is 11.1 Å². The molecular weight excluding hydrogens is 276 g/mol. The van der Waals surface area contributed by atoms with E-state index in [0.29, 0.717) is 17.1 Å². The normalized spacial score (nSPS) is 10.6. The maximum Gasteiger partial charge on any atom is 0.143 e. The quantitative estimate of drug-likeness (QED) is 0.437. The van der Waals surface area contributed by atoms with Crippen LogP contribution in [0.5, 0.6) is 0 Å². The molecule has 2 heterocycles. The number of benzene rings is 1. The van der Waals surface area contributed by atoms with E-state index >= 15 is 0 Å². The van der Waals surface area contributed by atoms with Gasteiger partial charge in [0.1, 0.15) is 17.8 Å². The number of nitrogens with one attached hydrogen (secondary N) is 3. The Hall–Kier alpha value is -3.15. The third-order valence-electron chi connectivity index (χ3n) is 3.39. The summed E-state index contributed by atoms with van der Waals surface area (Å²) in [6.45, 7) is 5.86. The van der Waals surface area contributed by atoms with E-state index in [-0.39, 0.29) is 0 Å². The summed E-state index contributed by atoms with van der Waals surface area (Å²) in [5.74, 6) is 0.689. The molecule has 0 fully saturated rings. The number of rotatable bonds is 4. The van der Waals surface area contributed by atoms with Crippen LogP contribution in [0.25, 0.3) is 16.6 Å². The van der Waals surface area contributed by atoms with Crippen LogP contribution in [-0.2, 0) is 0 Å². The summed E-state index contributed by atoms with van der Waals surface area (Å²) in [7, 11) is 0. The van der Waals surface area contributed by atoms with Crippen molar-refractivity contribution < 1.29 is 0 Å². The van der Waals surface area contributed by atoms with Crippen molar-refractivity contribution in [1.82, 2.24) is 15.0 Å². The Morgan fingerprint density at radius 1 is 1.36 bits per heavy atom. The van der Waals surface area contributed by atoms with Gasteiger partial charge in [-0.05, 0) is 36.8 Å². The van der Waals surface area contributed by atoms with Crippen molar-refractivity contribution in [3.63, 3.8) is 0 Å². The molecule has 0 atom stereocenters. The minimum absolute atomic E-state index is 0.569. The Kier molecular flexibility index (Phi) is 3.34. The molecule has 0 spiro atoms. The first-order valence-electron chi connectivity index (χ1n) is 6.75. The molecule has 1 aromatic carbocycles. The van der Waals surface area contributed by atoms with Crippen LogP contribution in [0, 0.1) is 5.41 Å². The highest BCUT2D eigenvalue weighted by atomic mass is 15.0. The van der Waals surface area contributed by atoms with E-state index in [9.17, 15) is 0 Å². The molecular formula is C16H16N6. The van der Waals surface area contributed by atoms with Gasteiger partial charge in [-0.1, -0.05) is 6.58 Å². The van der Waals surface area contributed by atoms with Gasteiger partial charge in [-0.25, -0.2) is 9.97 Å². The summed E-state index contributed by atoms with van der Waals surface area (Å²) >= 11 is 0. The number of nitrogens with zero attached hydrogens (tertiary/aromatic N) is 2. The average Bonchev–Trinajstić information content (AvgIpc) is 2.94. The highest BCUT2D eigenvalue weighted by molar-refractivity contribution is 5.93. The largest absolute Gasteiger partial charge is 0.398 e. The molecule has 0 bridgehead atoms. The molecule has 0 amide bonds. The van der Waals surface area contributed by atoms with Crippen LogP contribution in [0.15, 0.2) is 37.2 Å². The highest BCUT2D eigenvalue weighted by Gasteiger charge is 2.09. The Labute approximate surface area is 127 Å². The molecule has 110 valence electrons. The third kappa shape index (κ3) is 2.42. The monoisotopic (exact) mass is 292 g/mol. The third-order valence-corrected chi connectivity index (χ3v) is 3.39. The van der Waals surface area contributed by atoms with Crippen molar-refractivity contribution in [3.05, 3.63) is 48.4 Å². The minimum Gasteiger partial charge on any atom is -0.398 e. The molecule has 6 heteroatoms. The lowest BCUT2D eigenvalue weighted by atomic mass is 10.1. The van der Waals surface area contributed by atoms with Crippen LogP contribution in [0.1, 0.15) is 18.2 Å². The van der Waals surface area contributed by atoms with Gasteiger partial charge >= 0.3 is 0 Å². The van der Waals surface area contributed by atoms with Gasteiger partial charge in [-0.15, -0.1) is 0 Å². The molecule has 5 N–H and O–H groups in total. The van der Waals surface area contributed by atoms with Gasteiger partial charge in [0.05, 0.1) is 5.39 Å². The standard InChI is InChI=1S/C16H16N6/c1-9(2)14-6-12-15(19-8-20-16(12)22-14)21-11-3-4-13(18)10(5-11)7-17/h3-8,17H,1,18H2,2H3,(H2,19,20,21,22). The number of fused-ring (bicyclic) bond motifs is 1. The van der Waals surface area contributed by atoms with Gasteiger partial charge in [0.15, 0.2) is 0 Å². The summed E-state index contributed by atoms with van der Waals surface area (Å²) in [5.41, 5.74) is 10.4. The maximum atomic E-state index is 7.37. The second kappa shape index (κ2) is 5.33. The number of aromatic amines is 1. The van der Waals surface area contributed by atoms with Gasteiger partial charge < -0.3 is 21.4 Å². The molecule has 0 radical (unpaired) electrons. The topological polar surface area (TPSA) is 103 Å². The van der Waals surface area contributed by atoms with Crippen molar-refractivity contribution in [2.45, 2.75) is 6.92 Å². The van der Waals surface area contributed by atoms with Gasteiger partial charge in [0.25, 0.3) is 0 Å². The van der Waals surface area contributed by atoms with Crippen molar-refractivity contribution in [3.8, 4) is 0 Å². The first-order chi connectivity index (χ1) is 10.6. The zero-order valence-corrected chi connectivity index (χ0v) is 12.1. The summed E-state index contributed by atoms with van der Waals surface area (Å²) in [5, 5.41) is 11.5. The Morgan fingerprint density at radius 3 is 2.91 bits per heavy atom. The number of hydrogen-bond donors (Lipinski definition) is 4. The zero-order valence-electron chi connectivity index (χ0n) is 12.1. The molecule has 22 heavy (non-hydrogen) atoms. The van der Waals surface area contributed by atoms with Crippen LogP contribution < -0.4 is 11.1 Å². The predicted octanol–water partition coefficient (Wildman–Crippen LogP) is 3.31. The lowest BCUT2D eigenvalue weighted by Crippen LogP contribution is -1.98. The van der Waals surface area contributed by atoms with Crippen molar-refractivity contribution >= 4 is 40.0 Å². The number of aromatic nitrogens is 3. The fraction of sp³-hybridized carbons (Fsp3) is 0.0625. The number of allylic oxidation sites excluding steroid dienone is 1. The molecule has 0 aliphatic carbocycles. The van der Waals surface area contributed by atoms with Crippen LogP contribution in [0.3, 0.4) is 0 Å². The van der Waals surface area contributed by atoms with Gasteiger partial charge in [-0.2, -0.15) is 0 Å². The van der Waals surface area contributed by atoms with Crippen molar-refractivity contribution in [1.29, 1.82) is 5.41 Å². The smallest absolute Gasteiger partial charge is 0.143 e. The van der Waals surface area contributed by atoms with Gasteiger partial charge in [-0.3, -0.25) is 0 Å². The molecule has 6 nitrogen and oxygen atoms in total. The van der Waals surface area contributed by atoms with E-state index < -0.39 is 0 Å². The molecule has 2 aromatic heterocycles. The number of hydrogen-bond acceptors (Lipinski definition) is 5. The second-order valence-corrected chi connectivity index (χ2v) is 5.06. The number of anilines is 3. The number of nitrogen functional groups attached to an aromatic ring is 1. The summed E-state index contributed by atoms with van der Waals surface area (Å²) in [4.78, 5) is 11.7. The molecule has 0 aliphatic heterocycles. The average molecular weight is 292 g/mol. The molecule has 3 rings (SSSR count). The summed E-state index contributed by atoms with van der Waals surface area (Å²) in [6.07, 6.45) is 2.73. The predicted molar refractivity (Wildman–Crippen MR) is 90.6 cm³/mol. The minimum atomic E-state index is 0.569. The zero-order chi connectivity index (χ0) is 15.7. The molecule has 0 saturated heterocycles. The van der Waals surface area contributed by atoms with Gasteiger partial charge in [0.2, 0.25) is 0 Å². The summed E-state index contributed by atoms with van der Waals surface area (Å²) in [6, 6.07) is 7.39. The molecule has 0 aliphatic rings. The van der Waals surface area contributed by atoms with E-state index in [4.69, 9.17) is 11.1 Å². The number of H-pyrrole nitrogens is 1. The molecule has 0 unspecified atom stereocenters. The van der Waals surface area contributed by atoms with Gasteiger partial charge in [0, 0.05) is 28.8 Å². The van der Waals surface area contributed by atoms with Crippen molar-refractivity contribution in [2.24, 2.45) is 0 Å². The maximum absolute atomic E-state index is 7.37. The van der Waals surface area contributed by atoms with E-state index in [1.165, 1.54) is 12.5 Å². The fourth-order valence-electron chi connectivity index (χ4n) is 2.18. The van der Waals surface area contributed by atoms with Crippen LogP contribution in [0.2, 0.25) is 0 Å². The molecule has 3 aromatic rings. The van der Waals surface area contributed by atoms with E-state index in [2.05, 4.69) is 26.8 Å². The van der Waals surface area contributed by atoms with Crippen LogP contribution in [-0.4, -0.2) is 21.2 Å². The lowest BCUT2D eigenvalue weighted by Gasteiger charge is -2.08. The van der Waals surface area contributed by atoms with E-state index in [1.807, 2.05) is 25.1 Å². The second-order valence-electron chi connectivity index (χ2n) is 5.06. The SMILES string of the molecule is C=C(C)c1cc2c(Nc3ccc(N)c(C=N)c3)ncnc2[nH]1. The first kappa shape index (κ1) is 13.8. The fourth-order valence-corrected chi connectivity index (χ4v) is 2.18. The first-order valence-corrected chi connectivity index (χ1v) is 6.75. The van der Waals surface area contributed by atoms with Crippen LogP contribution >= 0.6 is 0 Å². The van der Waals surface area contributed by atoms with E-state index in [0.717, 1.165) is 28.0 Å². The Morgan fingerprint density at radius 2 is 2.18 bits per heavy atom.